The van der Waals surface area contributed by atoms with Crippen molar-refractivity contribution in [1.29, 1.82) is 0 Å². The average Bonchev–Trinajstić information content (AvgIpc) is 2.55. The van der Waals surface area contributed by atoms with E-state index in [0.29, 0.717) is 30.2 Å². The Kier molecular flexibility index (Phi) is 6.94. The summed E-state index contributed by atoms with van der Waals surface area (Å²) >= 11 is 1.39. The number of halogens is 1. The normalized spacial score (nSPS) is 10.3. The first-order valence-corrected chi connectivity index (χ1v) is 8.58. The lowest BCUT2D eigenvalue weighted by molar-refractivity contribution is -0.118. The molecular formula is C18H20FNO2S. The van der Waals surface area contributed by atoms with Crippen LogP contribution in [0.15, 0.2) is 48.5 Å². The maximum absolute atomic E-state index is 13.4. The molecule has 0 heterocycles. The molecule has 0 aromatic heterocycles. The van der Waals surface area contributed by atoms with E-state index in [0.717, 1.165) is 5.75 Å². The third kappa shape index (κ3) is 6.32. The Labute approximate surface area is 140 Å². The lowest BCUT2D eigenvalue weighted by Gasteiger charge is -2.08. The maximum Gasteiger partial charge on any atom is 0.230 e. The van der Waals surface area contributed by atoms with Crippen molar-refractivity contribution in [1.82, 2.24) is 5.32 Å². The third-order valence-electron chi connectivity index (χ3n) is 3.16. The van der Waals surface area contributed by atoms with Crippen LogP contribution in [0.25, 0.3) is 0 Å². The second-order valence-electron chi connectivity index (χ2n) is 5.10. The van der Waals surface area contributed by atoms with Gasteiger partial charge >= 0.3 is 0 Å². The largest absolute Gasteiger partial charge is 0.492 e. The Bertz CT molecular complexity index is 631. The highest BCUT2D eigenvalue weighted by Crippen LogP contribution is 2.15. The SMILES string of the molecule is Cc1ccc(OCCNC(=O)CSCc2ccccc2F)cc1. The van der Waals surface area contributed by atoms with Gasteiger partial charge in [0.05, 0.1) is 12.3 Å². The fourth-order valence-electron chi connectivity index (χ4n) is 1.91. The van der Waals surface area contributed by atoms with E-state index in [1.54, 1.807) is 18.2 Å². The Morgan fingerprint density at radius 2 is 1.91 bits per heavy atom. The molecule has 0 fully saturated rings. The van der Waals surface area contributed by atoms with E-state index in [2.05, 4.69) is 5.32 Å². The average molecular weight is 333 g/mol. The third-order valence-corrected chi connectivity index (χ3v) is 4.14. The van der Waals surface area contributed by atoms with Gasteiger partial charge in [-0.2, -0.15) is 0 Å². The number of ether oxygens (including phenoxy) is 1. The predicted octanol–water partition coefficient (Wildman–Crippen LogP) is 3.56. The zero-order valence-corrected chi connectivity index (χ0v) is 13.9. The molecule has 0 saturated carbocycles. The molecule has 23 heavy (non-hydrogen) atoms. The number of carbonyl (C=O) groups excluding carboxylic acids is 1. The highest BCUT2D eigenvalue weighted by molar-refractivity contribution is 7.99. The van der Waals surface area contributed by atoms with Crippen LogP contribution in [-0.4, -0.2) is 24.8 Å². The van der Waals surface area contributed by atoms with Gasteiger partial charge in [-0.15, -0.1) is 11.8 Å². The predicted molar refractivity (Wildman–Crippen MR) is 92.2 cm³/mol. The van der Waals surface area contributed by atoms with Crippen LogP contribution in [0, 0.1) is 12.7 Å². The first-order chi connectivity index (χ1) is 11.1. The molecule has 0 radical (unpaired) electrons. The van der Waals surface area contributed by atoms with Crippen LogP contribution in [-0.2, 0) is 10.5 Å². The summed E-state index contributed by atoms with van der Waals surface area (Å²) in [6.07, 6.45) is 0. The van der Waals surface area contributed by atoms with Crippen LogP contribution in [0.2, 0.25) is 0 Å². The van der Waals surface area contributed by atoms with E-state index in [9.17, 15) is 9.18 Å². The molecule has 1 N–H and O–H groups in total. The highest BCUT2D eigenvalue weighted by atomic mass is 32.2. The molecule has 0 bridgehead atoms. The minimum atomic E-state index is -0.230. The molecular weight excluding hydrogens is 313 g/mol. The number of rotatable bonds is 8. The minimum absolute atomic E-state index is 0.0705. The molecule has 3 nitrogen and oxygen atoms in total. The monoisotopic (exact) mass is 333 g/mol. The fourth-order valence-corrected chi connectivity index (χ4v) is 2.76. The summed E-state index contributed by atoms with van der Waals surface area (Å²) in [4.78, 5) is 11.7. The van der Waals surface area contributed by atoms with Gasteiger partial charge in [0.1, 0.15) is 18.2 Å². The van der Waals surface area contributed by atoms with Crippen LogP contribution < -0.4 is 10.1 Å². The van der Waals surface area contributed by atoms with Crippen molar-refractivity contribution in [3.63, 3.8) is 0 Å². The zero-order valence-electron chi connectivity index (χ0n) is 13.0. The summed E-state index contributed by atoms with van der Waals surface area (Å²) in [5.41, 5.74) is 1.80. The molecule has 2 aromatic carbocycles. The lowest BCUT2D eigenvalue weighted by Crippen LogP contribution is -2.29. The van der Waals surface area contributed by atoms with E-state index in [4.69, 9.17) is 4.74 Å². The van der Waals surface area contributed by atoms with Crippen molar-refractivity contribution >= 4 is 17.7 Å². The van der Waals surface area contributed by atoms with Gasteiger partial charge in [-0.3, -0.25) is 4.79 Å². The molecule has 0 aliphatic heterocycles. The standard InChI is InChI=1S/C18H20FNO2S/c1-14-6-8-16(9-7-14)22-11-10-20-18(21)13-23-12-15-4-2-3-5-17(15)19/h2-9H,10-13H2,1H3,(H,20,21). The first kappa shape index (κ1) is 17.3. The second-order valence-corrected chi connectivity index (χ2v) is 6.08. The lowest BCUT2D eigenvalue weighted by atomic mass is 10.2. The maximum atomic E-state index is 13.4. The number of benzene rings is 2. The number of thioether (sulfide) groups is 1. The molecule has 0 aliphatic rings. The van der Waals surface area contributed by atoms with Crippen LogP contribution in [0.5, 0.6) is 5.75 Å². The summed E-state index contributed by atoms with van der Waals surface area (Å²) < 4.78 is 18.9. The van der Waals surface area contributed by atoms with E-state index in [1.807, 2.05) is 31.2 Å². The van der Waals surface area contributed by atoms with Crippen molar-refractivity contribution in [3.8, 4) is 5.75 Å². The van der Waals surface area contributed by atoms with Crippen molar-refractivity contribution in [3.05, 3.63) is 65.5 Å². The minimum Gasteiger partial charge on any atom is -0.492 e. The smallest absolute Gasteiger partial charge is 0.230 e. The topological polar surface area (TPSA) is 38.3 Å². The first-order valence-electron chi connectivity index (χ1n) is 7.42. The molecule has 0 unspecified atom stereocenters. The van der Waals surface area contributed by atoms with Crippen LogP contribution in [0.4, 0.5) is 4.39 Å². The van der Waals surface area contributed by atoms with Gasteiger partial charge in [0, 0.05) is 5.75 Å². The van der Waals surface area contributed by atoms with Gasteiger partial charge in [-0.1, -0.05) is 35.9 Å². The Morgan fingerprint density at radius 3 is 2.65 bits per heavy atom. The van der Waals surface area contributed by atoms with E-state index in [-0.39, 0.29) is 11.7 Å². The number of nitrogens with one attached hydrogen (secondary N) is 1. The number of hydrogen-bond donors (Lipinski definition) is 1. The van der Waals surface area contributed by atoms with Crippen LogP contribution >= 0.6 is 11.8 Å². The highest BCUT2D eigenvalue weighted by Gasteiger charge is 2.04. The van der Waals surface area contributed by atoms with Gasteiger partial charge in [0.25, 0.3) is 0 Å². The van der Waals surface area contributed by atoms with Crippen LogP contribution in [0.3, 0.4) is 0 Å². The molecule has 0 saturated heterocycles. The number of aryl methyl sites for hydroxylation is 1. The Hall–Kier alpha value is -2.01. The Balaban J connectivity index is 1.58. The molecule has 122 valence electrons. The summed E-state index contributed by atoms with van der Waals surface area (Å²) in [6, 6.07) is 14.4. The van der Waals surface area contributed by atoms with Crippen molar-refractivity contribution < 1.29 is 13.9 Å². The summed E-state index contributed by atoms with van der Waals surface area (Å²) in [5, 5.41) is 2.79. The van der Waals surface area contributed by atoms with Gasteiger partial charge < -0.3 is 10.1 Å². The molecule has 2 rings (SSSR count). The number of carbonyl (C=O) groups is 1. The van der Waals surface area contributed by atoms with E-state index < -0.39 is 0 Å². The quantitative estimate of drug-likeness (QED) is 0.751. The number of amides is 1. The summed E-state index contributed by atoms with van der Waals surface area (Å²) in [6.45, 7) is 2.89. The van der Waals surface area contributed by atoms with Gasteiger partial charge in [0.15, 0.2) is 0 Å². The van der Waals surface area contributed by atoms with Gasteiger partial charge in [-0.05, 0) is 30.7 Å². The van der Waals surface area contributed by atoms with E-state index >= 15 is 0 Å². The number of hydrogen-bond acceptors (Lipinski definition) is 3. The molecule has 0 atom stereocenters. The van der Waals surface area contributed by atoms with Crippen molar-refractivity contribution in [2.24, 2.45) is 0 Å². The second kappa shape index (κ2) is 9.20. The molecule has 0 aliphatic carbocycles. The van der Waals surface area contributed by atoms with Gasteiger partial charge in [0.2, 0.25) is 5.91 Å². The Morgan fingerprint density at radius 1 is 1.17 bits per heavy atom. The molecule has 5 heteroatoms. The van der Waals surface area contributed by atoms with Crippen LogP contribution in [0.1, 0.15) is 11.1 Å². The summed E-state index contributed by atoms with van der Waals surface area (Å²) in [5.74, 6) is 1.28. The van der Waals surface area contributed by atoms with Crippen molar-refractivity contribution in [2.75, 3.05) is 18.9 Å². The molecule has 1 amide bonds. The van der Waals surface area contributed by atoms with Crippen molar-refractivity contribution in [2.45, 2.75) is 12.7 Å². The van der Waals surface area contributed by atoms with E-state index in [1.165, 1.54) is 23.4 Å². The molecule has 0 spiro atoms. The zero-order chi connectivity index (χ0) is 16.5. The van der Waals surface area contributed by atoms with Gasteiger partial charge in [-0.25, -0.2) is 4.39 Å². The fraction of sp³-hybridized carbons (Fsp3) is 0.278. The summed E-state index contributed by atoms with van der Waals surface area (Å²) in [7, 11) is 0. The molecule has 2 aromatic rings.